The van der Waals surface area contributed by atoms with E-state index in [2.05, 4.69) is 10.8 Å². The fraction of sp³-hybridized carbons (Fsp3) is 0.591. The third-order valence-electron chi connectivity index (χ3n) is 6.37. The van der Waals surface area contributed by atoms with Crippen LogP contribution < -0.4 is 10.3 Å². The molecule has 1 aliphatic heterocycles. The Morgan fingerprint density at radius 3 is 2.59 bits per heavy atom. The van der Waals surface area contributed by atoms with Crippen molar-refractivity contribution in [2.24, 2.45) is 0 Å². The van der Waals surface area contributed by atoms with Gasteiger partial charge in [-0.15, -0.1) is 0 Å². The molecule has 2 aliphatic rings. The molecule has 1 aliphatic carbocycles. The predicted molar refractivity (Wildman–Crippen MR) is 115 cm³/mol. The van der Waals surface area contributed by atoms with Gasteiger partial charge < -0.3 is 0 Å². The number of hydrogen-bond donors (Lipinski definition) is 1. The lowest BCUT2D eigenvalue weighted by atomic mass is 9.84. The number of hydrogen-bond acceptors (Lipinski definition) is 4. The van der Waals surface area contributed by atoms with Crippen molar-refractivity contribution in [3.63, 3.8) is 0 Å². The number of fused-ring (bicyclic) bond motifs is 3. The maximum Gasteiger partial charge on any atom is 0.261 e. The lowest BCUT2D eigenvalue weighted by molar-refractivity contribution is 0.429. The zero-order valence-electron chi connectivity index (χ0n) is 17.5. The van der Waals surface area contributed by atoms with E-state index in [-0.39, 0.29) is 17.0 Å². The van der Waals surface area contributed by atoms with Gasteiger partial charge in [-0.05, 0) is 64.7 Å². The van der Waals surface area contributed by atoms with E-state index in [1.54, 1.807) is 12.1 Å². The van der Waals surface area contributed by atoms with Gasteiger partial charge in [-0.1, -0.05) is 12.8 Å². The number of nitriles is 1. The van der Waals surface area contributed by atoms with Gasteiger partial charge in [0.25, 0.3) is 5.56 Å². The average Bonchev–Trinajstić information content (AvgIpc) is 3.29. The van der Waals surface area contributed by atoms with Crippen LogP contribution in [0.1, 0.15) is 82.8 Å². The molecule has 7 heteroatoms. The minimum atomic E-state index is -1.28. The van der Waals surface area contributed by atoms with E-state index in [1.807, 2.05) is 32.3 Å². The van der Waals surface area contributed by atoms with Gasteiger partial charge in [-0.2, -0.15) is 5.26 Å². The molecule has 1 spiro atoms. The highest BCUT2D eigenvalue weighted by molar-refractivity contribution is 7.84. The van der Waals surface area contributed by atoms with Crippen molar-refractivity contribution in [3.8, 4) is 6.07 Å². The van der Waals surface area contributed by atoms with Crippen LogP contribution >= 0.6 is 0 Å². The Bertz CT molecular complexity index is 1100. The second kappa shape index (κ2) is 7.03. The summed E-state index contributed by atoms with van der Waals surface area (Å²) >= 11 is 0. The van der Waals surface area contributed by atoms with Crippen LogP contribution in [0.5, 0.6) is 0 Å². The third-order valence-corrected chi connectivity index (χ3v) is 8.05. The topological polar surface area (TPSA) is 87.8 Å². The van der Waals surface area contributed by atoms with Gasteiger partial charge in [0.1, 0.15) is 5.82 Å². The van der Waals surface area contributed by atoms with E-state index in [4.69, 9.17) is 4.98 Å². The average molecular weight is 413 g/mol. The van der Waals surface area contributed by atoms with Crippen molar-refractivity contribution in [2.45, 2.75) is 82.5 Å². The van der Waals surface area contributed by atoms with Gasteiger partial charge in [0.2, 0.25) is 0 Å². The molecular weight excluding hydrogens is 384 g/mol. The smallest absolute Gasteiger partial charge is 0.261 e. The van der Waals surface area contributed by atoms with Crippen LogP contribution in [0.2, 0.25) is 0 Å². The quantitative estimate of drug-likeness (QED) is 0.834. The molecule has 0 radical (unpaired) electrons. The summed E-state index contributed by atoms with van der Waals surface area (Å²) in [5.74, 6) is 0.905. The predicted octanol–water partition coefficient (Wildman–Crippen LogP) is 3.60. The highest BCUT2D eigenvalue weighted by Gasteiger charge is 2.43. The first-order valence-corrected chi connectivity index (χ1v) is 11.5. The number of rotatable bonds is 3. The maximum absolute atomic E-state index is 13.3. The first-order valence-electron chi connectivity index (χ1n) is 10.3. The lowest BCUT2D eigenvalue weighted by Crippen LogP contribution is -2.35. The fourth-order valence-electron chi connectivity index (χ4n) is 4.72. The van der Waals surface area contributed by atoms with Gasteiger partial charge in [-0.25, -0.2) is 13.9 Å². The second-order valence-electron chi connectivity index (χ2n) is 9.42. The van der Waals surface area contributed by atoms with Gasteiger partial charge >= 0.3 is 0 Å². The fourth-order valence-corrected chi connectivity index (χ4v) is 5.52. The Morgan fingerprint density at radius 2 is 1.97 bits per heavy atom. The Kier molecular flexibility index (Phi) is 4.91. The molecule has 1 N–H and O–H groups in total. The lowest BCUT2D eigenvalue weighted by Gasteiger charge is -2.24. The van der Waals surface area contributed by atoms with Gasteiger partial charge in [0.05, 0.1) is 38.3 Å². The van der Waals surface area contributed by atoms with E-state index in [0.29, 0.717) is 23.0 Å². The first kappa shape index (κ1) is 20.2. The Labute approximate surface area is 173 Å². The molecule has 0 amide bonds. The summed E-state index contributed by atoms with van der Waals surface area (Å²) in [7, 11) is -1.28. The summed E-state index contributed by atoms with van der Waals surface area (Å²) in [6.07, 6.45) is 5.48. The summed E-state index contributed by atoms with van der Waals surface area (Å²) in [5, 5.41) is 9.99. The van der Waals surface area contributed by atoms with Crippen LogP contribution in [0.3, 0.4) is 0 Å². The number of benzene rings is 1. The Hall–Kier alpha value is -2.04. The molecule has 6 nitrogen and oxygen atoms in total. The van der Waals surface area contributed by atoms with Crippen molar-refractivity contribution in [3.05, 3.63) is 39.4 Å². The number of nitrogens with zero attached hydrogens (tertiary/aromatic N) is 3. The van der Waals surface area contributed by atoms with Crippen molar-refractivity contribution in [2.75, 3.05) is 0 Å². The Morgan fingerprint density at radius 1 is 1.28 bits per heavy atom. The third kappa shape index (κ3) is 3.32. The van der Waals surface area contributed by atoms with Crippen molar-refractivity contribution < 1.29 is 4.21 Å². The summed E-state index contributed by atoms with van der Waals surface area (Å²) < 4.78 is 17.2. The van der Waals surface area contributed by atoms with Crippen LogP contribution in [-0.4, -0.2) is 18.5 Å². The highest BCUT2D eigenvalue weighted by atomic mass is 32.2. The van der Waals surface area contributed by atoms with E-state index in [9.17, 15) is 14.3 Å². The normalized spacial score (nSPS) is 20.0. The summed E-state index contributed by atoms with van der Waals surface area (Å²) in [4.78, 5) is 18.4. The minimum Gasteiger partial charge on any atom is -0.296 e. The van der Waals surface area contributed by atoms with Crippen LogP contribution in [-0.2, 0) is 22.9 Å². The molecule has 1 fully saturated rings. The van der Waals surface area contributed by atoms with Gasteiger partial charge in [-0.3, -0.25) is 9.36 Å². The molecule has 0 unspecified atom stereocenters. The van der Waals surface area contributed by atoms with Crippen molar-refractivity contribution in [1.29, 1.82) is 5.26 Å². The molecule has 0 saturated heterocycles. The SMILES string of the molecule is C[C@@H](N[S@](=O)C(C)(C)C)c1cc(C#N)cc2c(=O)n3c(nc12)C1(CCCC1)CC3. The van der Waals surface area contributed by atoms with E-state index in [1.165, 1.54) is 12.8 Å². The molecule has 154 valence electrons. The van der Waals surface area contributed by atoms with Crippen LogP contribution in [0.15, 0.2) is 16.9 Å². The van der Waals surface area contributed by atoms with Gasteiger partial charge in [0, 0.05) is 18.0 Å². The van der Waals surface area contributed by atoms with Crippen LogP contribution in [0, 0.1) is 11.3 Å². The standard InChI is InChI=1S/C22H28N4O2S/c1-14(25-29(28)21(2,3)4)16-11-15(13-23)12-17-18(16)24-20-22(7-5-6-8-22)9-10-26(20)19(17)27/h11-12,14,25H,5-10H2,1-4H3/t14-,29-/m1/s1. The van der Waals surface area contributed by atoms with E-state index < -0.39 is 15.7 Å². The summed E-state index contributed by atoms with van der Waals surface area (Å²) in [6.45, 7) is 8.35. The molecule has 1 aromatic heterocycles. The van der Waals surface area contributed by atoms with Crippen molar-refractivity contribution >= 4 is 21.9 Å². The molecule has 1 aromatic carbocycles. The molecular formula is C22H28N4O2S. The molecule has 29 heavy (non-hydrogen) atoms. The monoisotopic (exact) mass is 412 g/mol. The second-order valence-corrected chi connectivity index (χ2v) is 11.4. The minimum absolute atomic E-state index is 0.0173. The zero-order valence-corrected chi connectivity index (χ0v) is 18.4. The maximum atomic E-state index is 13.3. The Balaban J connectivity index is 1.91. The van der Waals surface area contributed by atoms with Crippen molar-refractivity contribution in [1.82, 2.24) is 14.3 Å². The molecule has 1 saturated carbocycles. The van der Waals surface area contributed by atoms with Gasteiger partial charge in [0.15, 0.2) is 0 Å². The van der Waals surface area contributed by atoms with Crippen LogP contribution in [0.4, 0.5) is 0 Å². The zero-order chi connectivity index (χ0) is 21.0. The molecule has 0 bridgehead atoms. The number of nitrogens with one attached hydrogen (secondary N) is 1. The molecule has 4 rings (SSSR count). The first-order chi connectivity index (χ1) is 13.7. The van der Waals surface area contributed by atoms with E-state index in [0.717, 1.165) is 30.7 Å². The molecule has 2 aromatic rings. The molecule has 2 atom stereocenters. The molecule has 2 heterocycles. The summed E-state index contributed by atoms with van der Waals surface area (Å²) in [5.41, 5.74) is 1.78. The summed E-state index contributed by atoms with van der Waals surface area (Å²) in [6, 6.07) is 5.28. The highest BCUT2D eigenvalue weighted by Crippen LogP contribution is 2.46. The van der Waals surface area contributed by atoms with Crippen LogP contribution in [0.25, 0.3) is 10.9 Å². The number of aromatic nitrogens is 2. The van der Waals surface area contributed by atoms with E-state index >= 15 is 0 Å². The largest absolute Gasteiger partial charge is 0.296 e.